The molecule has 1 N–H and O–H groups in total. The van der Waals surface area contributed by atoms with Crippen LogP contribution in [0.1, 0.15) is 28.9 Å². The summed E-state index contributed by atoms with van der Waals surface area (Å²) >= 11 is 0. The van der Waals surface area contributed by atoms with Crippen LogP contribution in [0.3, 0.4) is 0 Å². The summed E-state index contributed by atoms with van der Waals surface area (Å²) in [6.07, 6.45) is 1.61. The number of likely N-dealkylation sites (N-methyl/N-ethyl adjacent to an activating group) is 1. The van der Waals surface area contributed by atoms with Gasteiger partial charge in [0.25, 0.3) is 5.91 Å². The summed E-state index contributed by atoms with van der Waals surface area (Å²) < 4.78 is 10.6. The minimum Gasteiger partial charge on any atom is -0.497 e. The van der Waals surface area contributed by atoms with Gasteiger partial charge in [0, 0.05) is 12.7 Å². The van der Waals surface area contributed by atoms with Gasteiger partial charge in [-0.05, 0) is 50.8 Å². The number of nitrogens with zero attached hydrogens (tertiary/aromatic N) is 2. The van der Waals surface area contributed by atoms with Crippen LogP contribution in [-0.4, -0.2) is 50.1 Å². The van der Waals surface area contributed by atoms with E-state index in [1.807, 2.05) is 45.3 Å². The maximum Gasteiger partial charge on any atom is 0.256 e. The highest BCUT2D eigenvalue weighted by atomic mass is 16.5. The van der Waals surface area contributed by atoms with Gasteiger partial charge < -0.3 is 19.7 Å². The van der Waals surface area contributed by atoms with Crippen LogP contribution < -0.4 is 14.8 Å². The van der Waals surface area contributed by atoms with Gasteiger partial charge in [-0.15, -0.1) is 0 Å². The number of benzene rings is 1. The quantitative estimate of drug-likeness (QED) is 0.798. The molecule has 0 spiro atoms. The third-order valence-corrected chi connectivity index (χ3v) is 3.88. The van der Waals surface area contributed by atoms with Crippen molar-refractivity contribution in [1.29, 1.82) is 0 Å². The number of nitrogens with one attached hydrogen (secondary N) is 1. The molecule has 6 heteroatoms. The van der Waals surface area contributed by atoms with Gasteiger partial charge >= 0.3 is 0 Å². The van der Waals surface area contributed by atoms with Crippen LogP contribution in [0, 0.1) is 0 Å². The van der Waals surface area contributed by atoms with Crippen LogP contribution in [-0.2, 0) is 0 Å². The molecule has 0 saturated carbocycles. The summed E-state index contributed by atoms with van der Waals surface area (Å²) in [4.78, 5) is 18.7. The summed E-state index contributed by atoms with van der Waals surface area (Å²) in [5.74, 6) is 0.965. The second kappa shape index (κ2) is 9.03. The Balaban J connectivity index is 2.09. The van der Waals surface area contributed by atoms with Gasteiger partial charge in [0.1, 0.15) is 11.3 Å². The van der Waals surface area contributed by atoms with E-state index in [1.54, 1.807) is 25.4 Å². The van der Waals surface area contributed by atoms with Crippen molar-refractivity contribution >= 4 is 5.91 Å². The summed E-state index contributed by atoms with van der Waals surface area (Å²) in [6.45, 7) is 2.80. The van der Waals surface area contributed by atoms with E-state index in [0.29, 0.717) is 24.6 Å². The Hall–Kier alpha value is -2.60. The van der Waals surface area contributed by atoms with Gasteiger partial charge in [0.2, 0.25) is 5.88 Å². The van der Waals surface area contributed by atoms with Crippen LogP contribution in [0.4, 0.5) is 0 Å². The maximum absolute atomic E-state index is 12.5. The number of pyridine rings is 1. The molecule has 0 aliphatic carbocycles. The van der Waals surface area contributed by atoms with Crippen LogP contribution in [0.5, 0.6) is 11.6 Å². The van der Waals surface area contributed by atoms with Crippen molar-refractivity contribution in [3.8, 4) is 11.6 Å². The number of aromatic nitrogens is 1. The van der Waals surface area contributed by atoms with Crippen LogP contribution >= 0.6 is 0 Å². The van der Waals surface area contributed by atoms with Crippen molar-refractivity contribution in [2.75, 3.05) is 34.4 Å². The van der Waals surface area contributed by atoms with E-state index < -0.39 is 0 Å². The number of ether oxygens (including phenoxy) is 2. The van der Waals surface area contributed by atoms with Gasteiger partial charge in [-0.2, -0.15) is 0 Å². The Morgan fingerprint density at radius 2 is 1.96 bits per heavy atom. The van der Waals surface area contributed by atoms with Gasteiger partial charge in [-0.1, -0.05) is 12.1 Å². The second-order valence-electron chi connectivity index (χ2n) is 5.75. The molecule has 0 aliphatic rings. The van der Waals surface area contributed by atoms with E-state index in [0.717, 1.165) is 11.3 Å². The number of methoxy groups -OCH3 is 1. The fourth-order valence-corrected chi connectivity index (χ4v) is 2.52. The highest BCUT2D eigenvalue weighted by molar-refractivity contribution is 5.96. The first-order chi connectivity index (χ1) is 12.1. The van der Waals surface area contributed by atoms with Crippen LogP contribution in [0.15, 0.2) is 42.6 Å². The molecular formula is C19H25N3O3. The lowest BCUT2D eigenvalue weighted by molar-refractivity contribution is 0.0937. The van der Waals surface area contributed by atoms with E-state index in [9.17, 15) is 4.79 Å². The van der Waals surface area contributed by atoms with Gasteiger partial charge in [-0.3, -0.25) is 4.79 Å². The third-order valence-electron chi connectivity index (χ3n) is 3.88. The van der Waals surface area contributed by atoms with E-state index in [-0.39, 0.29) is 11.9 Å². The molecule has 0 fully saturated rings. The third kappa shape index (κ3) is 4.93. The monoisotopic (exact) mass is 343 g/mol. The molecule has 1 heterocycles. The van der Waals surface area contributed by atoms with Crippen molar-refractivity contribution in [3.63, 3.8) is 0 Å². The zero-order valence-corrected chi connectivity index (χ0v) is 15.2. The summed E-state index contributed by atoms with van der Waals surface area (Å²) in [7, 11) is 5.61. The number of hydrogen-bond acceptors (Lipinski definition) is 5. The maximum atomic E-state index is 12.5. The minimum absolute atomic E-state index is 0.0436. The number of rotatable bonds is 8. The Morgan fingerprint density at radius 3 is 2.56 bits per heavy atom. The highest BCUT2D eigenvalue weighted by Crippen LogP contribution is 2.21. The fourth-order valence-electron chi connectivity index (χ4n) is 2.52. The van der Waals surface area contributed by atoms with Crippen molar-refractivity contribution < 1.29 is 14.3 Å². The summed E-state index contributed by atoms with van der Waals surface area (Å²) in [5.41, 5.74) is 1.54. The smallest absolute Gasteiger partial charge is 0.256 e. The Morgan fingerprint density at radius 1 is 1.24 bits per heavy atom. The van der Waals surface area contributed by atoms with Gasteiger partial charge in [0.05, 0.1) is 19.8 Å². The van der Waals surface area contributed by atoms with Crippen molar-refractivity contribution in [2.45, 2.75) is 13.0 Å². The predicted octanol–water partition coefficient (Wildman–Crippen LogP) is 2.52. The number of hydrogen-bond donors (Lipinski definition) is 1. The lowest BCUT2D eigenvalue weighted by Gasteiger charge is -2.25. The Labute approximate surface area is 148 Å². The molecule has 1 atom stereocenters. The van der Waals surface area contributed by atoms with E-state index in [1.165, 1.54) is 0 Å². The van der Waals surface area contributed by atoms with Gasteiger partial charge in [0.15, 0.2) is 0 Å². The standard InChI is InChI=1S/C19H25N3O3/c1-5-25-19-16(7-6-12-20-19)18(23)21-13-17(22(2)3)14-8-10-15(24-4)11-9-14/h6-12,17H,5,13H2,1-4H3,(H,21,23). The van der Waals surface area contributed by atoms with Gasteiger partial charge in [-0.25, -0.2) is 4.98 Å². The zero-order valence-electron chi connectivity index (χ0n) is 15.2. The summed E-state index contributed by atoms with van der Waals surface area (Å²) in [6, 6.07) is 11.3. The molecule has 0 aliphatic heterocycles. The molecular weight excluding hydrogens is 318 g/mol. The first-order valence-electron chi connectivity index (χ1n) is 8.23. The molecule has 134 valence electrons. The Kier molecular flexibility index (Phi) is 6.77. The minimum atomic E-state index is -0.197. The van der Waals surface area contributed by atoms with Crippen molar-refractivity contribution in [3.05, 3.63) is 53.7 Å². The predicted molar refractivity (Wildman–Crippen MR) is 97.2 cm³/mol. The molecule has 2 rings (SSSR count). The van der Waals surface area contributed by atoms with Crippen molar-refractivity contribution in [2.24, 2.45) is 0 Å². The average Bonchev–Trinajstić information content (AvgIpc) is 2.62. The highest BCUT2D eigenvalue weighted by Gasteiger charge is 2.18. The molecule has 25 heavy (non-hydrogen) atoms. The lowest BCUT2D eigenvalue weighted by atomic mass is 10.1. The number of carbonyl (C=O) groups excluding carboxylic acids is 1. The number of carbonyl (C=O) groups is 1. The molecule has 1 unspecified atom stereocenters. The Bertz CT molecular complexity index is 687. The SMILES string of the molecule is CCOc1ncccc1C(=O)NCC(c1ccc(OC)cc1)N(C)C. The molecule has 6 nitrogen and oxygen atoms in total. The second-order valence-corrected chi connectivity index (χ2v) is 5.75. The lowest BCUT2D eigenvalue weighted by Crippen LogP contribution is -2.34. The average molecular weight is 343 g/mol. The molecule has 1 aromatic heterocycles. The van der Waals surface area contributed by atoms with E-state index in [2.05, 4.69) is 15.2 Å². The molecule has 1 aromatic carbocycles. The normalized spacial score (nSPS) is 11.9. The molecule has 0 radical (unpaired) electrons. The topological polar surface area (TPSA) is 63.7 Å². The largest absolute Gasteiger partial charge is 0.497 e. The van der Waals surface area contributed by atoms with Crippen LogP contribution in [0.2, 0.25) is 0 Å². The van der Waals surface area contributed by atoms with E-state index >= 15 is 0 Å². The zero-order chi connectivity index (χ0) is 18.2. The molecule has 1 amide bonds. The number of amides is 1. The summed E-state index contributed by atoms with van der Waals surface area (Å²) in [5, 5.41) is 2.97. The van der Waals surface area contributed by atoms with Crippen molar-refractivity contribution in [1.82, 2.24) is 15.2 Å². The fraction of sp³-hybridized carbons (Fsp3) is 0.368. The molecule has 2 aromatic rings. The molecule has 0 saturated heterocycles. The first-order valence-corrected chi connectivity index (χ1v) is 8.23. The van der Waals surface area contributed by atoms with E-state index in [4.69, 9.17) is 9.47 Å². The molecule has 0 bridgehead atoms. The van der Waals surface area contributed by atoms with Crippen LogP contribution in [0.25, 0.3) is 0 Å². The first kappa shape index (κ1) is 18.7.